The minimum Gasteiger partial charge on any atom is -0.481 e. The van der Waals surface area contributed by atoms with Crippen LogP contribution < -0.4 is 0 Å². The molecular weight excluding hydrogens is 218 g/mol. The van der Waals surface area contributed by atoms with Crippen LogP contribution in [0.3, 0.4) is 0 Å². The van der Waals surface area contributed by atoms with Gasteiger partial charge in [0, 0.05) is 0 Å². The van der Waals surface area contributed by atoms with Gasteiger partial charge in [-0.15, -0.1) is 0 Å². The Morgan fingerprint density at radius 3 is 2.59 bits per heavy atom. The molecule has 0 heterocycles. The fourth-order valence-corrected chi connectivity index (χ4v) is 1.59. The van der Waals surface area contributed by atoms with Crippen LogP contribution in [0.2, 0.25) is 0 Å². The molecule has 0 bridgehead atoms. The summed E-state index contributed by atoms with van der Waals surface area (Å²) in [5.74, 6) is -2.00. The van der Waals surface area contributed by atoms with E-state index in [0.29, 0.717) is 11.1 Å². The van der Waals surface area contributed by atoms with Crippen molar-refractivity contribution in [2.75, 3.05) is 0 Å². The number of aliphatic hydroxyl groups is 1. The van der Waals surface area contributed by atoms with Crippen LogP contribution in [0.5, 0.6) is 0 Å². The van der Waals surface area contributed by atoms with Crippen LogP contribution in [-0.4, -0.2) is 16.2 Å². The highest BCUT2D eigenvalue weighted by Gasteiger charge is 2.27. The van der Waals surface area contributed by atoms with E-state index in [1.165, 1.54) is 0 Å². The molecule has 1 aromatic carbocycles. The van der Waals surface area contributed by atoms with Gasteiger partial charge in [-0.3, -0.25) is 4.79 Å². The van der Waals surface area contributed by atoms with E-state index < -0.39 is 23.9 Å². The number of hydrogen-bond donors (Lipinski definition) is 2. The number of carboxylic acid groups (broad SMARTS) is 1. The van der Waals surface area contributed by atoms with Crippen molar-refractivity contribution in [3.8, 4) is 6.07 Å². The topological polar surface area (TPSA) is 81.3 Å². The van der Waals surface area contributed by atoms with Crippen LogP contribution >= 0.6 is 0 Å². The second-order valence-electron chi connectivity index (χ2n) is 4.17. The molecule has 0 saturated heterocycles. The highest BCUT2D eigenvalue weighted by molar-refractivity contribution is 5.69. The quantitative estimate of drug-likeness (QED) is 0.832. The third-order valence-electron chi connectivity index (χ3n) is 3.03. The number of rotatable bonds is 4. The molecule has 0 fully saturated rings. The molecule has 0 spiro atoms. The third kappa shape index (κ3) is 3.05. The summed E-state index contributed by atoms with van der Waals surface area (Å²) in [6.07, 6.45) is -0.880. The molecule has 4 heteroatoms. The lowest BCUT2D eigenvalue weighted by Gasteiger charge is -2.22. The highest BCUT2D eigenvalue weighted by atomic mass is 16.4. The highest BCUT2D eigenvalue weighted by Crippen LogP contribution is 2.28. The number of carboxylic acids is 1. The molecule has 0 aliphatic carbocycles. The predicted molar refractivity (Wildman–Crippen MR) is 62.1 cm³/mol. The van der Waals surface area contributed by atoms with Crippen molar-refractivity contribution in [1.82, 2.24) is 0 Å². The molecule has 0 aliphatic rings. The SMILES string of the molecule is CC(C(=O)O)C(C)C(O)c1cccc(C#N)c1. The van der Waals surface area contributed by atoms with Gasteiger partial charge < -0.3 is 10.2 Å². The van der Waals surface area contributed by atoms with Crippen LogP contribution in [0.1, 0.15) is 31.1 Å². The van der Waals surface area contributed by atoms with Crippen molar-refractivity contribution in [2.45, 2.75) is 20.0 Å². The monoisotopic (exact) mass is 233 g/mol. The van der Waals surface area contributed by atoms with E-state index >= 15 is 0 Å². The van der Waals surface area contributed by atoms with Crippen molar-refractivity contribution in [2.24, 2.45) is 11.8 Å². The van der Waals surface area contributed by atoms with Gasteiger partial charge in [0.2, 0.25) is 0 Å². The standard InChI is InChI=1S/C13H15NO3/c1-8(9(2)13(16)17)12(15)11-5-3-4-10(6-11)7-14/h3-6,8-9,12,15H,1-2H3,(H,16,17). The summed E-state index contributed by atoms with van der Waals surface area (Å²) in [4.78, 5) is 10.8. The zero-order valence-corrected chi connectivity index (χ0v) is 9.79. The molecule has 3 atom stereocenters. The first-order valence-electron chi connectivity index (χ1n) is 5.38. The molecule has 0 saturated carbocycles. The Morgan fingerprint density at radius 2 is 2.06 bits per heavy atom. The molecule has 0 amide bonds. The summed E-state index contributed by atoms with van der Waals surface area (Å²) >= 11 is 0. The lowest BCUT2D eigenvalue weighted by molar-refractivity contribution is -0.144. The molecule has 2 N–H and O–H groups in total. The average Bonchev–Trinajstić information content (AvgIpc) is 2.36. The molecule has 4 nitrogen and oxygen atoms in total. The Bertz CT molecular complexity index is 450. The Balaban J connectivity index is 2.92. The molecule has 1 rings (SSSR count). The number of hydrogen-bond acceptors (Lipinski definition) is 3. The molecule has 1 aromatic rings. The Kier molecular flexibility index (Phi) is 4.24. The van der Waals surface area contributed by atoms with Gasteiger partial charge in [0.15, 0.2) is 0 Å². The summed E-state index contributed by atoms with van der Waals surface area (Å²) in [7, 11) is 0. The van der Waals surface area contributed by atoms with Crippen molar-refractivity contribution in [3.63, 3.8) is 0 Å². The van der Waals surface area contributed by atoms with Crippen LogP contribution in [0.25, 0.3) is 0 Å². The number of benzene rings is 1. The van der Waals surface area contributed by atoms with E-state index in [1.807, 2.05) is 6.07 Å². The zero-order chi connectivity index (χ0) is 13.0. The van der Waals surface area contributed by atoms with Gasteiger partial charge in [0.25, 0.3) is 0 Å². The largest absolute Gasteiger partial charge is 0.481 e. The van der Waals surface area contributed by atoms with Crippen molar-refractivity contribution < 1.29 is 15.0 Å². The van der Waals surface area contributed by atoms with E-state index in [0.717, 1.165) is 0 Å². The number of nitrogens with zero attached hydrogens (tertiary/aromatic N) is 1. The van der Waals surface area contributed by atoms with Crippen molar-refractivity contribution in [3.05, 3.63) is 35.4 Å². The summed E-state index contributed by atoms with van der Waals surface area (Å²) < 4.78 is 0. The zero-order valence-electron chi connectivity index (χ0n) is 9.79. The Hall–Kier alpha value is -1.86. The normalized spacial score (nSPS) is 15.6. The van der Waals surface area contributed by atoms with Gasteiger partial charge in [-0.25, -0.2) is 0 Å². The van der Waals surface area contributed by atoms with Crippen LogP contribution in [0.15, 0.2) is 24.3 Å². The molecule has 0 aliphatic heterocycles. The lowest BCUT2D eigenvalue weighted by Crippen LogP contribution is -2.23. The molecule has 0 aromatic heterocycles. The maximum Gasteiger partial charge on any atom is 0.306 e. The van der Waals surface area contributed by atoms with Crippen LogP contribution in [0, 0.1) is 23.2 Å². The van der Waals surface area contributed by atoms with Gasteiger partial charge in [0.05, 0.1) is 23.7 Å². The minimum atomic E-state index is -0.937. The number of nitriles is 1. The fraction of sp³-hybridized carbons (Fsp3) is 0.385. The summed E-state index contributed by atoms with van der Waals surface area (Å²) in [5.41, 5.74) is 1.03. The number of aliphatic hydroxyl groups excluding tert-OH is 1. The maximum absolute atomic E-state index is 10.8. The summed E-state index contributed by atoms with van der Waals surface area (Å²) in [5, 5.41) is 27.7. The average molecular weight is 233 g/mol. The second kappa shape index (κ2) is 5.46. The van der Waals surface area contributed by atoms with E-state index in [4.69, 9.17) is 10.4 Å². The molecule has 90 valence electrons. The molecule has 0 radical (unpaired) electrons. The summed E-state index contributed by atoms with van der Waals surface area (Å²) in [6, 6.07) is 8.57. The fourth-order valence-electron chi connectivity index (χ4n) is 1.59. The molecule has 17 heavy (non-hydrogen) atoms. The van der Waals surface area contributed by atoms with E-state index in [-0.39, 0.29) is 0 Å². The van der Waals surface area contributed by atoms with Gasteiger partial charge >= 0.3 is 5.97 Å². The van der Waals surface area contributed by atoms with Crippen LogP contribution in [0.4, 0.5) is 0 Å². The smallest absolute Gasteiger partial charge is 0.306 e. The third-order valence-corrected chi connectivity index (χ3v) is 3.03. The Labute approximate surface area is 100 Å². The van der Waals surface area contributed by atoms with Gasteiger partial charge in [0.1, 0.15) is 0 Å². The first kappa shape index (κ1) is 13.2. The van der Waals surface area contributed by atoms with Gasteiger partial charge in [-0.2, -0.15) is 5.26 Å². The van der Waals surface area contributed by atoms with Crippen molar-refractivity contribution in [1.29, 1.82) is 5.26 Å². The maximum atomic E-state index is 10.8. The van der Waals surface area contributed by atoms with E-state index in [2.05, 4.69) is 0 Å². The predicted octanol–water partition coefficient (Wildman–Crippen LogP) is 1.95. The first-order chi connectivity index (χ1) is 7.97. The van der Waals surface area contributed by atoms with Crippen molar-refractivity contribution >= 4 is 5.97 Å². The molecule has 3 unspecified atom stereocenters. The summed E-state index contributed by atoms with van der Waals surface area (Å²) in [6.45, 7) is 3.24. The van der Waals surface area contributed by atoms with Gasteiger partial charge in [-0.05, 0) is 23.6 Å². The second-order valence-corrected chi connectivity index (χ2v) is 4.17. The minimum absolute atomic E-state index is 0.415. The first-order valence-corrected chi connectivity index (χ1v) is 5.38. The lowest BCUT2D eigenvalue weighted by atomic mass is 9.87. The van der Waals surface area contributed by atoms with Gasteiger partial charge in [-0.1, -0.05) is 26.0 Å². The number of carbonyl (C=O) groups is 1. The Morgan fingerprint density at radius 1 is 1.41 bits per heavy atom. The van der Waals surface area contributed by atoms with E-state index in [9.17, 15) is 9.90 Å². The number of aliphatic carboxylic acids is 1. The molecular formula is C13H15NO3. The van der Waals surface area contributed by atoms with E-state index in [1.54, 1.807) is 38.1 Å². The van der Waals surface area contributed by atoms with Crippen LogP contribution in [-0.2, 0) is 4.79 Å².